The van der Waals surface area contributed by atoms with Gasteiger partial charge in [0.25, 0.3) is 0 Å². The first-order chi connectivity index (χ1) is 11.9. The lowest BCUT2D eigenvalue weighted by Crippen LogP contribution is -2.68. The summed E-state index contributed by atoms with van der Waals surface area (Å²) < 4.78 is 32.3. The third-order valence-electron chi connectivity index (χ3n) is 5.32. The first-order valence-corrected chi connectivity index (χ1v) is 10.1. The number of piperazine rings is 1. The molecule has 1 aromatic rings. The largest absolute Gasteiger partial charge is 0.497 e. The van der Waals surface area contributed by atoms with Crippen LogP contribution in [0, 0.1) is 0 Å². The fraction of sp³-hybridized carbons (Fsp3) is 0.588. The summed E-state index contributed by atoms with van der Waals surface area (Å²) in [4.78, 5) is 14.9. The molecule has 0 aliphatic carbocycles. The van der Waals surface area contributed by atoms with Gasteiger partial charge in [0.2, 0.25) is 15.9 Å². The van der Waals surface area contributed by atoms with Crippen LogP contribution < -0.4 is 10.1 Å². The first kappa shape index (κ1) is 18.2. The molecule has 1 spiro atoms. The van der Waals surface area contributed by atoms with E-state index in [4.69, 9.17) is 4.74 Å². The minimum absolute atomic E-state index is 0.0297. The highest BCUT2D eigenvalue weighted by molar-refractivity contribution is 7.89. The Morgan fingerprint density at radius 2 is 1.80 bits per heavy atom. The molecule has 2 aliphatic heterocycles. The van der Waals surface area contributed by atoms with Gasteiger partial charge >= 0.3 is 0 Å². The topological polar surface area (TPSA) is 79.0 Å². The molecule has 0 unspecified atom stereocenters. The average molecular weight is 367 g/mol. The maximum absolute atomic E-state index is 12.9. The quantitative estimate of drug-likeness (QED) is 0.846. The lowest BCUT2D eigenvalue weighted by Gasteiger charge is -2.49. The first-order valence-electron chi connectivity index (χ1n) is 8.61. The van der Waals surface area contributed by atoms with Gasteiger partial charge in [-0.3, -0.25) is 9.69 Å². The van der Waals surface area contributed by atoms with Crippen molar-refractivity contribution < 1.29 is 17.9 Å². The number of ether oxygens (including phenoxy) is 1. The van der Waals surface area contributed by atoms with Crippen LogP contribution in [0.2, 0.25) is 0 Å². The van der Waals surface area contributed by atoms with Crippen LogP contribution >= 0.6 is 0 Å². The van der Waals surface area contributed by atoms with E-state index in [0.717, 1.165) is 13.1 Å². The number of methoxy groups -OCH3 is 1. The van der Waals surface area contributed by atoms with E-state index in [9.17, 15) is 13.2 Å². The van der Waals surface area contributed by atoms with Crippen molar-refractivity contribution in [2.75, 3.05) is 39.8 Å². The molecule has 3 rings (SSSR count). The molecular formula is C17H25N3O4S. The highest BCUT2D eigenvalue weighted by Crippen LogP contribution is 2.33. The SMILES string of the molecule is CCN1CCNC(=O)C12CCN(S(=O)(=O)c1ccc(OC)cc1)CC2. The van der Waals surface area contributed by atoms with E-state index < -0.39 is 15.6 Å². The number of benzene rings is 1. The number of sulfonamides is 1. The van der Waals surface area contributed by atoms with Crippen molar-refractivity contribution in [2.24, 2.45) is 0 Å². The zero-order valence-electron chi connectivity index (χ0n) is 14.7. The summed E-state index contributed by atoms with van der Waals surface area (Å²) in [5.74, 6) is 0.649. The Kier molecular flexibility index (Phi) is 5.04. The molecule has 1 aromatic carbocycles. The molecule has 0 radical (unpaired) electrons. The Morgan fingerprint density at radius 3 is 2.36 bits per heavy atom. The smallest absolute Gasteiger partial charge is 0.243 e. The van der Waals surface area contributed by atoms with Crippen LogP contribution in [-0.4, -0.2) is 68.9 Å². The molecule has 0 aromatic heterocycles. The maximum Gasteiger partial charge on any atom is 0.243 e. The fourth-order valence-corrected chi connectivity index (χ4v) is 5.27. The van der Waals surface area contributed by atoms with Crippen LogP contribution in [0.15, 0.2) is 29.2 Å². The summed E-state index contributed by atoms with van der Waals surface area (Å²) in [6.07, 6.45) is 1.03. The highest BCUT2D eigenvalue weighted by atomic mass is 32.2. The van der Waals surface area contributed by atoms with Gasteiger partial charge in [-0.2, -0.15) is 4.31 Å². The van der Waals surface area contributed by atoms with E-state index in [0.29, 0.717) is 38.2 Å². The standard InChI is InChI=1S/C17H25N3O4S/c1-3-19-13-10-18-16(21)17(19)8-11-20(12-9-17)25(22,23)15-6-4-14(24-2)5-7-15/h4-7H,3,8-13H2,1-2H3,(H,18,21). The summed E-state index contributed by atoms with van der Waals surface area (Å²) in [5.41, 5.74) is -0.571. The van der Waals surface area contributed by atoms with Gasteiger partial charge in [0.15, 0.2) is 0 Å². The van der Waals surface area contributed by atoms with Crippen LogP contribution in [-0.2, 0) is 14.8 Å². The third-order valence-corrected chi connectivity index (χ3v) is 7.24. The molecule has 1 N–H and O–H groups in total. The molecule has 25 heavy (non-hydrogen) atoms. The predicted molar refractivity (Wildman–Crippen MR) is 94.0 cm³/mol. The molecule has 1 amide bonds. The van der Waals surface area contributed by atoms with E-state index in [1.165, 1.54) is 4.31 Å². The van der Waals surface area contributed by atoms with E-state index in [1.54, 1.807) is 31.4 Å². The van der Waals surface area contributed by atoms with E-state index in [-0.39, 0.29) is 10.8 Å². The molecule has 2 aliphatic rings. The molecular weight excluding hydrogens is 342 g/mol. The second kappa shape index (κ2) is 6.93. The Labute approximate surface area is 149 Å². The van der Waals surface area contributed by atoms with Crippen molar-refractivity contribution in [3.05, 3.63) is 24.3 Å². The summed E-state index contributed by atoms with van der Waals surface area (Å²) >= 11 is 0. The van der Waals surface area contributed by atoms with Crippen LogP contribution in [0.25, 0.3) is 0 Å². The van der Waals surface area contributed by atoms with Crippen molar-refractivity contribution in [2.45, 2.75) is 30.2 Å². The Balaban J connectivity index is 1.77. The minimum Gasteiger partial charge on any atom is -0.497 e. The number of nitrogens with zero attached hydrogens (tertiary/aromatic N) is 2. The number of hydrogen-bond acceptors (Lipinski definition) is 5. The number of amides is 1. The van der Waals surface area contributed by atoms with Crippen molar-refractivity contribution in [1.82, 2.24) is 14.5 Å². The summed E-state index contributed by atoms with van der Waals surface area (Å²) in [6.45, 7) is 4.99. The third kappa shape index (κ3) is 3.14. The molecule has 0 saturated carbocycles. The van der Waals surface area contributed by atoms with Gasteiger partial charge in [-0.15, -0.1) is 0 Å². The monoisotopic (exact) mass is 367 g/mol. The lowest BCUT2D eigenvalue weighted by molar-refractivity contribution is -0.140. The van der Waals surface area contributed by atoms with Crippen molar-refractivity contribution in [1.29, 1.82) is 0 Å². The molecule has 8 heteroatoms. The number of rotatable bonds is 4. The Morgan fingerprint density at radius 1 is 1.16 bits per heavy atom. The normalized spacial score (nSPS) is 21.9. The number of nitrogens with one attached hydrogen (secondary N) is 1. The molecule has 138 valence electrons. The summed E-state index contributed by atoms with van der Waals surface area (Å²) in [5, 5.41) is 2.94. The van der Waals surface area contributed by atoms with Gasteiger partial charge in [0.1, 0.15) is 11.3 Å². The van der Waals surface area contributed by atoms with E-state index in [2.05, 4.69) is 10.2 Å². The van der Waals surface area contributed by atoms with E-state index in [1.807, 2.05) is 6.92 Å². The van der Waals surface area contributed by atoms with E-state index >= 15 is 0 Å². The van der Waals surface area contributed by atoms with Crippen molar-refractivity contribution in [3.63, 3.8) is 0 Å². The number of carbonyl (C=O) groups excluding carboxylic acids is 1. The molecule has 0 atom stereocenters. The lowest BCUT2D eigenvalue weighted by atomic mass is 9.84. The second-order valence-electron chi connectivity index (χ2n) is 6.45. The summed E-state index contributed by atoms with van der Waals surface area (Å²) in [6, 6.07) is 6.41. The molecule has 7 nitrogen and oxygen atoms in total. The number of carbonyl (C=O) groups is 1. The number of piperidine rings is 1. The Hall–Kier alpha value is -1.64. The van der Waals surface area contributed by atoms with Gasteiger partial charge in [0.05, 0.1) is 12.0 Å². The van der Waals surface area contributed by atoms with Gasteiger partial charge in [0, 0.05) is 26.2 Å². The second-order valence-corrected chi connectivity index (χ2v) is 8.38. The summed E-state index contributed by atoms with van der Waals surface area (Å²) in [7, 11) is -2.01. The molecule has 2 heterocycles. The minimum atomic E-state index is -3.56. The number of hydrogen-bond donors (Lipinski definition) is 1. The van der Waals surface area contributed by atoms with Gasteiger partial charge < -0.3 is 10.1 Å². The van der Waals surface area contributed by atoms with Gasteiger partial charge in [-0.05, 0) is 43.7 Å². The highest BCUT2D eigenvalue weighted by Gasteiger charge is 2.48. The van der Waals surface area contributed by atoms with Crippen LogP contribution in [0.3, 0.4) is 0 Å². The zero-order chi connectivity index (χ0) is 18.1. The molecule has 2 fully saturated rings. The fourth-order valence-electron chi connectivity index (χ4n) is 3.82. The van der Waals surface area contributed by atoms with Gasteiger partial charge in [-0.25, -0.2) is 8.42 Å². The van der Waals surface area contributed by atoms with Crippen LogP contribution in [0.5, 0.6) is 5.75 Å². The van der Waals surface area contributed by atoms with Crippen molar-refractivity contribution in [3.8, 4) is 5.75 Å². The predicted octanol–water partition coefficient (Wildman–Crippen LogP) is 0.670. The number of likely N-dealkylation sites (N-methyl/N-ethyl adjacent to an activating group) is 1. The van der Waals surface area contributed by atoms with Gasteiger partial charge in [-0.1, -0.05) is 6.92 Å². The van der Waals surface area contributed by atoms with Crippen LogP contribution in [0.1, 0.15) is 19.8 Å². The maximum atomic E-state index is 12.9. The molecule has 0 bridgehead atoms. The average Bonchev–Trinajstić information content (AvgIpc) is 2.64. The Bertz CT molecular complexity index is 725. The molecule has 2 saturated heterocycles. The zero-order valence-corrected chi connectivity index (χ0v) is 15.5. The van der Waals surface area contributed by atoms with Crippen molar-refractivity contribution >= 4 is 15.9 Å². The van der Waals surface area contributed by atoms with Crippen LogP contribution in [0.4, 0.5) is 0 Å².